The molecule has 0 unspecified atom stereocenters. The molecular formula is C40H75NO13. The van der Waals surface area contributed by atoms with Crippen molar-refractivity contribution in [3.05, 3.63) is 0 Å². The number of esters is 1. The molecule has 0 bridgehead atoms. The highest BCUT2D eigenvalue weighted by molar-refractivity contribution is 5.73. The highest BCUT2D eigenvalue weighted by Gasteiger charge is 2.53. The first-order valence-electron chi connectivity index (χ1n) is 20.0. The van der Waals surface area contributed by atoms with E-state index in [0.29, 0.717) is 19.3 Å². The summed E-state index contributed by atoms with van der Waals surface area (Å²) < 4.78 is 37.8. The fraction of sp³-hybridized carbons (Fsp3) is 0.975. The van der Waals surface area contributed by atoms with Gasteiger partial charge in [0.15, 0.2) is 12.6 Å². The molecule has 18 atom stereocenters. The highest BCUT2D eigenvalue weighted by Crippen LogP contribution is 2.41. The average molecular weight is 778 g/mol. The Bertz CT molecular complexity index is 1200. The smallest absolute Gasteiger partial charge is 0.311 e. The molecule has 0 spiro atoms. The second-order valence-corrected chi connectivity index (χ2v) is 18.5. The summed E-state index contributed by atoms with van der Waals surface area (Å²) in [4.78, 5) is 16.0. The van der Waals surface area contributed by atoms with Crippen LogP contribution in [0.3, 0.4) is 0 Å². The molecule has 3 aliphatic rings. The van der Waals surface area contributed by atoms with Crippen molar-refractivity contribution in [3.8, 4) is 0 Å². The van der Waals surface area contributed by atoms with Crippen LogP contribution in [0.15, 0.2) is 0 Å². The number of hydrogen-bond acceptors (Lipinski definition) is 14. The van der Waals surface area contributed by atoms with Gasteiger partial charge in [0.25, 0.3) is 0 Å². The molecule has 3 fully saturated rings. The lowest BCUT2D eigenvalue weighted by Gasteiger charge is -2.49. The van der Waals surface area contributed by atoms with E-state index in [9.17, 15) is 35.4 Å². The SMILES string of the molecule is CC[C@H]1OC(=O)[C@H](C)[C@@H](O[C@H]2C[C@@](C)(OC)C[C@H](C)O2)[C@H](C)[C@@H](O[C@@H]2O[C@H](C)C[C@H](N(C)CC(C)(C)O)[C@H]2O)[C@](C)(O)C[C@@H](C)[C@H](O)[C@H](C)[C@@H](O)[C@]1(C)O. The van der Waals surface area contributed by atoms with Crippen LogP contribution < -0.4 is 0 Å². The van der Waals surface area contributed by atoms with E-state index in [2.05, 4.69) is 0 Å². The molecule has 318 valence electrons. The van der Waals surface area contributed by atoms with Gasteiger partial charge in [-0.1, -0.05) is 27.7 Å². The van der Waals surface area contributed by atoms with Gasteiger partial charge in [-0.3, -0.25) is 9.69 Å². The summed E-state index contributed by atoms with van der Waals surface area (Å²) in [5, 5.41) is 69.6. The molecule has 3 rings (SSSR count). The molecule has 3 aliphatic heterocycles. The molecule has 0 aromatic rings. The maximum Gasteiger partial charge on any atom is 0.311 e. The summed E-state index contributed by atoms with van der Waals surface area (Å²) in [5.74, 6) is -4.04. The molecule has 14 heteroatoms. The molecule has 0 aromatic heterocycles. The van der Waals surface area contributed by atoms with Gasteiger partial charge in [0.2, 0.25) is 0 Å². The van der Waals surface area contributed by atoms with Gasteiger partial charge in [-0.05, 0) is 87.6 Å². The number of ether oxygens (including phenoxy) is 6. The molecule has 0 saturated carbocycles. The zero-order valence-electron chi connectivity index (χ0n) is 35.4. The van der Waals surface area contributed by atoms with E-state index in [0.717, 1.165) is 0 Å². The van der Waals surface area contributed by atoms with Crippen molar-refractivity contribution in [1.29, 1.82) is 0 Å². The third-order valence-electron chi connectivity index (χ3n) is 12.3. The maximum atomic E-state index is 14.2. The van der Waals surface area contributed by atoms with Crippen molar-refractivity contribution >= 4 is 5.97 Å². The number of methoxy groups -OCH3 is 1. The molecular weight excluding hydrogens is 702 g/mol. The lowest BCUT2D eigenvalue weighted by atomic mass is 9.73. The van der Waals surface area contributed by atoms with Gasteiger partial charge in [0, 0.05) is 44.4 Å². The van der Waals surface area contributed by atoms with E-state index in [-0.39, 0.29) is 31.6 Å². The van der Waals surface area contributed by atoms with E-state index in [1.807, 2.05) is 32.7 Å². The summed E-state index contributed by atoms with van der Waals surface area (Å²) >= 11 is 0. The molecule has 14 nitrogen and oxygen atoms in total. The van der Waals surface area contributed by atoms with Crippen LogP contribution in [0.5, 0.6) is 0 Å². The second kappa shape index (κ2) is 18.3. The van der Waals surface area contributed by atoms with E-state index < -0.39 is 107 Å². The van der Waals surface area contributed by atoms with Gasteiger partial charge in [-0.25, -0.2) is 0 Å². The van der Waals surface area contributed by atoms with Crippen molar-refractivity contribution in [2.75, 3.05) is 20.7 Å². The van der Waals surface area contributed by atoms with Crippen molar-refractivity contribution in [2.45, 2.75) is 205 Å². The number of likely N-dealkylation sites (N-methyl/N-ethyl adjacent to an activating group) is 1. The number of carbonyl (C=O) groups excluding carboxylic acids is 1. The van der Waals surface area contributed by atoms with E-state index in [1.54, 1.807) is 62.5 Å². The standard InChI is InChI=1S/C40H75NO13/c1-15-28-40(12,48)33(44)24(5)30(42)21(2)17-39(11,47)34(54-36-31(43)27(16-22(3)51-36)41(13)20-37(8,9)46)25(6)32(26(7)35(45)52-28)53-29-19-38(10,49-14)18-23(4)50-29/h21-34,36,42-44,46-48H,15-20H2,1-14H3/t21-,22-,23+,24+,25+,26-,27+,28-,29+,30+,31-,32+,33-,34-,36+,38+,39-,40-/m1/s1. The van der Waals surface area contributed by atoms with Crippen LogP contribution in [0.25, 0.3) is 0 Å². The minimum atomic E-state index is -1.92. The monoisotopic (exact) mass is 778 g/mol. The van der Waals surface area contributed by atoms with Gasteiger partial charge >= 0.3 is 5.97 Å². The predicted octanol–water partition coefficient (Wildman–Crippen LogP) is 2.75. The van der Waals surface area contributed by atoms with Crippen molar-refractivity contribution in [2.24, 2.45) is 23.7 Å². The van der Waals surface area contributed by atoms with Gasteiger partial charge < -0.3 is 59.1 Å². The van der Waals surface area contributed by atoms with Crippen LogP contribution in [0.4, 0.5) is 0 Å². The maximum absolute atomic E-state index is 14.2. The topological polar surface area (TPSA) is 197 Å². The first-order valence-corrected chi connectivity index (χ1v) is 20.0. The third-order valence-corrected chi connectivity index (χ3v) is 12.3. The van der Waals surface area contributed by atoms with Crippen molar-refractivity contribution in [1.82, 2.24) is 4.90 Å². The zero-order valence-corrected chi connectivity index (χ0v) is 35.4. The van der Waals surface area contributed by atoms with Crippen molar-refractivity contribution < 1.29 is 63.9 Å². The van der Waals surface area contributed by atoms with E-state index in [4.69, 9.17) is 28.4 Å². The van der Waals surface area contributed by atoms with Crippen LogP contribution in [-0.4, -0.2) is 152 Å². The Morgan fingerprint density at radius 3 is 2.06 bits per heavy atom. The van der Waals surface area contributed by atoms with Crippen LogP contribution >= 0.6 is 0 Å². The van der Waals surface area contributed by atoms with Crippen LogP contribution in [0.1, 0.15) is 115 Å². The van der Waals surface area contributed by atoms with Crippen molar-refractivity contribution in [3.63, 3.8) is 0 Å². The molecule has 0 aliphatic carbocycles. The van der Waals surface area contributed by atoms with E-state index >= 15 is 0 Å². The fourth-order valence-corrected chi connectivity index (χ4v) is 9.29. The minimum absolute atomic E-state index is 0.0375. The Morgan fingerprint density at radius 1 is 0.889 bits per heavy atom. The molecule has 0 radical (unpaired) electrons. The average Bonchev–Trinajstić information content (AvgIpc) is 3.05. The van der Waals surface area contributed by atoms with E-state index in [1.165, 1.54) is 6.92 Å². The van der Waals surface area contributed by atoms with Gasteiger partial charge in [-0.2, -0.15) is 0 Å². The Hall–Kier alpha value is -1.01. The van der Waals surface area contributed by atoms with Gasteiger partial charge in [0.1, 0.15) is 17.8 Å². The Balaban J connectivity index is 2.17. The normalized spacial score (nSPS) is 47.9. The number of aliphatic hydroxyl groups is 6. The lowest BCUT2D eigenvalue weighted by Crippen LogP contribution is -2.61. The van der Waals surface area contributed by atoms with Gasteiger partial charge in [0.05, 0.1) is 59.3 Å². The van der Waals surface area contributed by atoms with Crippen LogP contribution in [0.2, 0.25) is 0 Å². The number of hydrogen-bond donors (Lipinski definition) is 6. The summed E-state index contributed by atoms with van der Waals surface area (Å²) in [6, 6.07) is -0.462. The zero-order chi connectivity index (χ0) is 41.3. The molecule has 3 saturated heterocycles. The van der Waals surface area contributed by atoms with Gasteiger partial charge in [-0.15, -0.1) is 0 Å². The second-order valence-electron chi connectivity index (χ2n) is 18.5. The summed E-state index contributed by atoms with van der Waals surface area (Å²) in [7, 11) is 3.45. The minimum Gasteiger partial charge on any atom is -0.459 e. The lowest BCUT2D eigenvalue weighted by molar-refractivity contribution is -0.311. The Labute approximate surface area is 323 Å². The van der Waals surface area contributed by atoms with Crippen LogP contribution in [-0.2, 0) is 33.2 Å². The number of rotatable bonds is 9. The van der Waals surface area contributed by atoms with Crippen LogP contribution in [0, 0.1) is 23.7 Å². The number of aliphatic hydroxyl groups excluding tert-OH is 3. The molecule has 0 amide bonds. The number of cyclic esters (lactones) is 1. The Morgan fingerprint density at radius 2 is 1.50 bits per heavy atom. The quantitative estimate of drug-likeness (QED) is 0.187. The summed E-state index contributed by atoms with van der Waals surface area (Å²) in [6.45, 7) is 20.9. The summed E-state index contributed by atoms with van der Waals surface area (Å²) in [5.41, 5.74) is -5.28. The Kier molecular flexibility index (Phi) is 16.0. The molecule has 0 aromatic carbocycles. The first kappa shape index (κ1) is 47.4. The highest BCUT2D eigenvalue weighted by atomic mass is 16.7. The third kappa shape index (κ3) is 11.3. The largest absolute Gasteiger partial charge is 0.459 e. The molecule has 3 heterocycles. The number of carbonyl (C=O) groups is 1. The first-order chi connectivity index (χ1) is 24.7. The molecule has 54 heavy (non-hydrogen) atoms. The predicted molar refractivity (Wildman–Crippen MR) is 201 cm³/mol. The fourth-order valence-electron chi connectivity index (χ4n) is 9.29. The molecule has 6 N–H and O–H groups in total. The summed E-state index contributed by atoms with van der Waals surface area (Å²) in [6.07, 6.45) is -8.30. The number of nitrogens with zero attached hydrogens (tertiary/aromatic N) is 1.